The number of hydrogen-bond donors (Lipinski definition) is 0. The van der Waals surface area contributed by atoms with Crippen LogP contribution in [0.2, 0.25) is 0 Å². The molecule has 5 nitrogen and oxygen atoms in total. The number of carbonyl (C=O) groups is 2. The average molecular weight is 387 g/mol. The fourth-order valence-corrected chi connectivity index (χ4v) is 2.98. The molecule has 1 amide bonds. The van der Waals surface area contributed by atoms with E-state index < -0.39 is 6.61 Å². The molecule has 0 bridgehead atoms. The van der Waals surface area contributed by atoms with Gasteiger partial charge < -0.3 is 14.4 Å². The Balaban J connectivity index is 1.72. The average Bonchev–Trinajstić information content (AvgIpc) is 3.12. The quantitative estimate of drug-likeness (QED) is 0.525. The molecule has 7 heteroatoms. The van der Waals surface area contributed by atoms with Gasteiger partial charge in [0.15, 0.2) is 17.3 Å². The van der Waals surface area contributed by atoms with Crippen LogP contribution in [0.5, 0.6) is 11.5 Å². The topological polar surface area (TPSA) is 55.8 Å². The standard InChI is InChI=1S/C21H19F2NO4/c1-27-18-11-5-14(13-19(18)28-21(22)23)4-10-17(25)15-6-8-16(9-7-15)24-12-2-3-20(24)26/h4-11,13,21H,2-3,12H2,1H3. The zero-order valence-electron chi connectivity index (χ0n) is 15.2. The van der Waals surface area contributed by atoms with Crippen LogP contribution in [-0.4, -0.2) is 32.0 Å². The van der Waals surface area contributed by atoms with Gasteiger partial charge in [0.2, 0.25) is 5.91 Å². The van der Waals surface area contributed by atoms with E-state index in [1.807, 2.05) is 0 Å². The van der Waals surface area contributed by atoms with Crippen LogP contribution in [-0.2, 0) is 4.79 Å². The van der Waals surface area contributed by atoms with Crippen LogP contribution in [0.15, 0.2) is 48.5 Å². The second-order valence-corrected chi connectivity index (χ2v) is 6.18. The van der Waals surface area contributed by atoms with E-state index in [1.54, 1.807) is 35.2 Å². The van der Waals surface area contributed by atoms with Crippen LogP contribution in [0.25, 0.3) is 6.08 Å². The van der Waals surface area contributed by atoms with Crippen molar-refractivity contribution in [2.75, 3.05) is 18.6 Å². The molecule has 1 saturated heterocycles. The number of benzene rings is 2. The SMILES string of the molecule is COc1ccc(C=CC(=O)c2ccc(N3CCCC3=O)cc2)cc1OC(F)F. The van der Waals surface area contributed by atoms with Crippen LogP contribution >= 0.6 is 0 Å². The first-order chi connectivity index (χ1) is 13.5. The van der Waals surface area contributed by atoms with Crippen molar-refractivity contribution < 1.29 is 27.8 Å². The molecule has 0 unspecified atom stereocenters. The third-order valence-corrected chi connectivity index (χ3v) is 4.37. The molecule has 3 rings (SSSR count). The molecule has 1 fully saturated rings. The number of ketones is 1. The largest absolute Gasteiger partial charge is 0.493 e. The number of rotatable bonds is 7. The summed E-state index contributed by atoms with van der Waals surface area (Å²) in [6, 6.07) is 11.3. The minimum Gasteiger partial charge on any atom is -0.493 e. The number of hydrogen-bond acceptors (Lipinski definition) is 4. The molecular weight excluding hydrogens is 368 g/mol. The van der Waals surface area contributed by atoms with Crippen molar-refractivity contribution in [3.63, 3.8) is 0 Å². The van der Waals surface area contributed by atoms with E-state index in [0.717, 1.165) is 12.1 Å². The first-order valence-electron chi connectivity index (χ1n) is 8.73. The molecule has 146 valence electrons. The zero-order chi connectivity index (χ0) is 20.1. The molecule has 0 aromatic heterocycles. The van der Waals surface area contributed by atoms with Crippen molar-refractivity contribution >= 4 is 23.5 Å². The first kappa shape index (κ1) is 19.5. The highest BCUT2D eigenvalue weighted by Crippen LogP contribution is 2.30. The monoisotopic (exact) mass is 387 g/mol. The van der Waals surface area contributed by atoms with E-state index in [9.17, 15) is 18.4 Å². The van der Waals surface area contributed by atoms with Crippen LogP contribution in [0.1, 0.15) is 28.8 Å². The second kappa shape index (κ2) is 8.65. The molecule has 28 heavy (non-hydrogen) atoms. The summed E-state index contributed by atoms with van der Waals surface area (Å²) in [5.74, 6) is -0.0886. The normalized spacial score (nSPS) is 14.1. The predicted octanol–water partition coefficient (Wildman–Crippen LogP) is 4.32. The Bertz CT molecular complexity index is 894. The van der Waals surface area contributed by atoms with Gasteiger partial charge in [0.05, 0.1) is 7.11 Å². The Kier molecular flexibility index (Phi) is 6.03. The summed E-state index contributed by atoms with van der Waals surface area (Å²) in [6.45, 7) is -2.29. The molecule has 0 saturated carbocycles. The van der Waals surface area contributed by atoms with Gasteiger partial charge in [-0.2, -0.15) is 8.78 Å². The lowest BCUT2D eigenvalue weighted by Crippen LogP contribution is -2.23. The number of methoxy groups -OCH3 is 1. The number of allylic oxidation sites excluding steroid dienone is 1. The summed E-state index contributed by atoms with van der Waals surface area (Å²) in [7, 11) is 1.35. The zero-order valence-corrected chi connectivity index (χ0v) is 15.2. The van der Waals surface area contributed by atoms with Crippen LogP contribution in [0, 0.1) is 0 Å². The van der Waals surface area contributed by atoms with Crippen LogP contribution in [0.3, 0.4) is 0 Å². The summed E-state index contributed by atoms with van der Waals surface area (Å²) in [6.07, 6.45) is 4.24. The highest BCUT2D eigenvalue weighted by molar-refractivity contribution is 6.07. The maximum atomic E-state index is 12.5. The summed E-state index contributed by atoms with van der Waals surface area (Å²) >= 11 is 0. The Morgan fingerprint density at radius 3 is 2.50 bits per heavy atom. The Labute approximate surface area is 161 Å². The molecule has 0 N–H and O–H groups in total. The van der Waals surface area contributed by atoms with Gasteiger partial charge in [0.25, 0.3) is 0 Å². The molecule has 1 aliphatic heterocycles. The lowest BCUT2D eigenvalue weighted by Gasteiger charge is -2.15. The summed E-state index contributed by atoms with van der Waals surface area (Å²) < 4.78 is 34.4. The molecule has 2 aromatic rings. The third kappa shape index (κ3) is 4.54. The van der Waals surface area contributed by atoms with E-state index in [1.165, 1.54) is 31.4 Å². The van der Waals surface area contributed by atoms with E-state index in [0.29, 0.717) is 24.1 Å². The van der Waals surface area contributed by atoms with E-state index >= 15 is 0 Å². The number of carbonyl (C=O) groups excluding carboxylic acids is 2. The van der Waals surface area contributed by atoms with Crippen molar-refractivity contribution in [2.24, 2.45) is 0 Å². The van der Waals surface area contributed by atoms with Crippen LogP contribution in [0.4, 0.5) is 14.5 Å². The molecule has 0 radical (unpaired) electrons. The Morgan fingerprint density at radius 1 is 1.14 bits per heavy atom. The van der Waals surface area contributed by atoms with Crippen molar-refractivity contribution in [2.45, 2.75) is 19.5 Å². The smallest absolute Gasteiger partial charge is 0.387 e. The maximum absolute atomic E-state index is 12.5. The van der Waals surface area contributed by atoms with E-state index in [2.05, 4.69) is 4.74 Å². The van der Waals surface area contributed by atoms with Gasteiger partial charge in [-0.05, 0) is 54.5 Å². The van der Waals surface area contributed by atoms with Crippen molar-refractivity contribution in [3.05, 3.63) is 59.7 Å². The predicted molar refractivity (Wildman–Crippen MR) is 101 cm³/mol. The van der Waals surface area contributed by atoms with Crippen molar-refractivity contribution in [1.82, 2.24) is 0 Å². The van der Waals surface area contributed by atoms with Crippen molar-refractivity contribution in [3.8, 4) is 11.5 Å². The Hall–Kier alpha value is -3.22. The fraction of sp³-hybridized carbons (Fsp3) is 0.238. The second-order valence-electron chi connectivity index (χ2n) is 6.18. The van der Waals surface area contributed by atoms with Gasteiger partial charge in [-0.15, -0.1) is 0 Å². The van der Waals surface area contributed by atoms with Gasteiger partial charge in [-0.25, -0.2) is 0 Å². The number of halogens is 2. The molecule has 1 heterocycles. The van der Waals surface area contributed by atoms with E-state index in [4.69, 9.17) is 4.74 Å². The first-order valence-corrected chi connectivity index (χ1v) is 8.73. The molecule has 0 spiro atoms. The van der Waals surface area contributed by atoms with E-state index in [-0.39, 0.29) is 23.2 Å². The minimum absolute atomic E-state index is 0.0836. The van der Waals surface area contributed by atoms with Crippen molar-refractivity contribution in [1.29, 1.82) is 0 Å². The summed E-state index contributed by atoms with van der Waals surface area (Å²) in [5.41, 5.74) is 1.75. The van der Waals surface area contributed by atoms with Gasteiger partial charge in [0, 0.05) is 24.2 Å². The fourth-order valence-electron chi connectivity index (χ4n) is 2.98. The number of ether oxygens (including phenoxy) is 2. The number of nitrogens with zero attached hydrogens (tertiary/aromatic N) is 1. The van der Waals surface area contributed by atoms with Gasteiger partial charge >= 0.3 is 6.61 Å². The molecule has 0 atom stereocenters. The molecule has 2 aromatic carbocycles. The van der Waals surface area contributed by atoms with Gasteiger partial charge in [-0.1, -0.05) is 12.1 Å². The third-order valence-electron chi connectivity index (χ3n) is 4.37. The van der Waals surface area contributed by atoms with Gasteiger partial charge in [-0.3, -0.25) is 9.59 Å². The summed E-state index contributed by atoms with van der Waals surface area (Å²) in [5, 5.41) is 0. The van der Waals surface area contributed by atoms with Gasteiger partial charge in [0.1, 0.15) is 0 Å². The highest BCUT2D eigenvalue weighted by Gasteiger charge is 2.21. The molecule has 1 aliphatic rings. The van der Waals surface area contributed by atoms with Crippen LogP contribution < -0.4 is 14.4 Å². The summed E-state index contributed by atoms with van der Waals surface area (Å²) in [4.78, 5) is 25.8. The molecule has 0 aliphatic carbocycles. The number of anilines is 1. The highest BCUT2D eigenvalue weighted by atomic mass is 19.3. The number of amides is 1. The Morgan fingerprint density at radius 2 is 1.89 bits per heavy atom. The lowest BCUT2D eigenvalue weighted by molar-refractivity contribution is -0.117. The lowest BCUT2D eigenvalue weighted by atomic mass is 10.1. The molecular formula is C21H19F2NO4. The minimum atomic E-state index is -2.98. The maximum Gasteiger partial charge on any atom is 0.387 e. The number of alkyl halides is 2.